The largest absolute Gasteiger partial charge is 0.489 e. The third kappa shape index (κ3) is 7.99. The fraction of sp³-hybridized carbons (Fsp3) is 0.103. The smallest absolute Gasteiger partial charge is 0.277 e. The summed E-state index contributed by atoms with van der Waals surface area (Å²) in [7, 11) is 0. The molecule has 7 heteroatoms. The standard InChI is InChI=1S/C29H25BrN2O4/c30-25-12-10-23(11-13-25)20-36-28-9-5-4-8-24(28)18-31-32-29(33)21-35-27-16-14-26(15-17-27)34-19-22-6-2-1-3-7-22/h1-18H,19-21H2,(H,32,33). The monoisotopic (exact) mass is 544 g/mol. The number of benzene rings is 4. The lowest BCUT2D eigenvalue weighted by molar-refractivity contribution is -0.123. The average Bonchev–Trinajstić information content (AvgIpc) is 2.92. The first kappa shape index (κ1) is 25.0. The molecule has 1 N–H and O–H groups in total. The molecule has 0 aliphatic heterocycles. The third-order valence-electron chi connectivity index (χ3n) is 5.06. The van der Waals surface area contributed by atoms with Gasteiger partial charge in [0.05, 0.1) is 6.21 Å². The molecule has 0 saturated carbocycles. The highest BCUT2D eigenvalue weighted by Crippen LogP contribution is 2.20. The van der Waals surface area contributed by atoms with Crippen molar-refractivity contribution in [2.75, 3.05) is 6.61 Å². The number of halogens is 1. The Labute approximate surface area is 218 Å². The number of nitrogens with one attached hydrogen (secondary N) is 1. The second-order valence-electron chi connectivity index (χ2n) is 7.78. The highest BCUT2D eigenvalue weighted by Gasteiger charge is 2.04. The van der Waals surface area contributed by atoms with Gasteiger partial charge in [0.1, 0.15) is 30.5 Å². The number of hydrogen-bond donors (Lipinski definition) is 1. The molecule has 0 spiro atoms. The summed E-state index contributed by atoms with van der Waals surface area (Å²) >= 11 is 3.43. The zero-order valence-electron chi connectivity index (χ0n) is 19.5. The molecule has 0 saturated heterocycles. The summed E-state index contributed by atoms with van der Waals surface area (Å²) < 4.78 is 18.2. The molecule has 0 fully saturated rings. The highest BCUT2D eigenvalue weighted by atomic mass is 79.9. The van der Waals surface area contributed by atoms with Gasteiger partial charge in [-0.2, -0.15) is 5.10 Å². The van der Waals surface area contributed by atoms with Crippen LogP contribution in [0.25, 0.3) is 0 Å². The van der Waals surface area contributed by atoms with Crippen LogP contribution in [-0.4, -0.2) is 18.7 Å². The van der Waals surface area contributed by atoms with Crippen LogP contribution in [-0.2, 0) is 18.0 Å². The summed E-state index contributed by atoms with van der Waals surface area (Å²) in [5.41, 5.74) is 5.37. The number of hydrazone groups is 1. The number of hydrogen-bond acceptors (Lipinski definition) is 5. The molecular formula is C29H25BrN2O4. The van der Waals surface area contributed by atoms with Crippen molar-refractivity contribution in [1.82, 2.24) is 5.43 Å². The summed E-state index contributed by atoms with van der Waals surface area (Å²) in [5, 5.41) is 4.04. The molecule has 0 atom stereocenters. The predicted molar refractivity (Wildman–Crippen MR) is 143 cm³/mol. The minimum absolute atomic E-state index is 0.163. The first-order valence-electron chi connectivity index (χ1n) is 11.3. The van der Waals surface area contributed by atoms with E-state index in [2.05, 4.69) is 26.5 Å². The third-order valence-corrected chi connectivity index (χ3v) is 5.59. The van der Waals surface area contributed by atoms with Gasteiger partial charge in [-0.05, 0) is 59.7 Å². The maximum Gasteiger partial charge on any atom is 0.277 e. The molecule has 0 radical (unpaired) electrons. The Hall–Kier alpha value is -4.10. The molecule has 4 aromatic rings. The van der Waals surface area contributed by atoms with Gasteiger partial charge < -0.3 is 14.2 Å². The molecule has 4 rings (SSSR count). The first-order chi connectivity index (χ1) is 17.7. The molecule has 0 aliphatic rings. The van der Waals surface area contributed by atoms with Gasteiger partial charge in [-0.3, -0.25) is 4.79 Å². The predicted octanol–water partition coefficient (Wildman–Crippen LogP) is 6.14. The van der Waals surface area contributed by atoms with E-state index in [1.54, 1.807) is 30.5 Å². The van der Waals surface area contributed by atoms with Crippen molar-refractivity contribution in [3.63, 3.8) is 0 Å². The lowest BCUT2D eigenvalue weighted by atomic mass is 10.2. The first-order valence-corrected chi connectivity index (χ1v) is 12.1. The number of para-hydroxylation sites is 1. The minimum atomic E-state index is -0.371. The molecule has 6 nitrogen and oxygen atoms in total. The second kappa shape index (κ2) is 13.1. The number of amides is 1. The maximum atomic E-state index is 12.1. The molecule has 0 aromatic heterocycles. The highest BCUT2D eigenvalue weighted by molar-refractivity contribution is 9.10. The van der Waals surface area contributed by atoms with Crippen molar-refractivity contribution in [3.8, 4) is 17.2 Å². The average molecular weight is 545 g/mol. The van der Waals surface area contributed by atoms with Gasteiger partial charge in [-0.15, -0.1) is 0 Å². The fourth-order valence-electron chi connectivity index (χ4n) is 3.19. The van der Waals surface area contributed by atoms with E-state index < -0.39 is 0 Å². The molecule has 36 heavy (non-hydrogen) atoms. The van der Waals surface area contributed by atoms with Gasteiger partial charge >= 0.3 is 0 Å². The van der Waals surface area contributed by atoms with Crippen LogP contribution in [0.5, 0.6) is 17.2 Å². The Morgan fingerprint density at radius 1 is 0.722 bits per heavy atom. The van der Waals surface area contributed by atoms with E-state index in [9.17, 15) is 4.79 Å². The van der Waals surface area contributed by atoms with E-state index in [1.807, 2.05) is 78.9 Å². The van der Waals surface area contributed by atoms with Gasteiger partial charge in [-0.1, -0.05) is 70.5 Å². The van der Waals surface area contributed by atoms with Gasteiger partial charge in [0.15, 0.2) is 6.61 Å². The van der Waals surface area contributed by atoms with Gasteiger partial charge in [0.2, 0.25) is 0 Å². The molecule has 0 heterocycles. The molecule has 182 valence electrons. The van der Waals surface area contributed by atoms with Crippen molar-refractivity contribution >= 4 is 28.1 Å². The summed E-state index contributed by atoms with van der Waals surface area (Å²) in [6.45, 7) is 0.748. The van der Waals surface area contributed by atoms with Gasteiger partial charge in [0.25, 0.3) is 5.91 Å². The molecule has 4 aromatic carbocycles. The van der Waals surface area contributed by atoms with Crippen LogP contribution < -0.4 is 19.6 Å². The van der Waals surface area contributed by atoms with E-state index in [0.29, 0.717) is 24.7 Å². The fourth-order valence-corrected chi connectivity index (χ4v) is 3.45. The second-order valence-corrected chi connectivity index (χ2v) is 8.70. The maximum absolute atomic E-state index is 12.1. The Balaban J connectivity index is 1.21. The summed E-state index contributed by atoms with van der Waals surface area (Å²) in [5.74, 6) is 1.59. The van der Waals surface area contributed by atoms with E-state index >= 15 is 0 Å². The van der Waals surface area contributed by atoms with Crippen LogP contribution in [0.1, 0.15) is 16.7 Å². The van der Waals surface area contributed by atoms with Crippen molar-refractivity contribution in [3.05, 3.63) is 124 Å². The number of carbonyl (C=O) groups is 1. The summed E-state index contributed by atoms with van der Waals surface area (Å²) in [4.78, 5) is 12.1. The zero-order chi connectivity index (χ0) is 25.0. The van der Waals surface area contributed by atoms with Crippen LogP contribution >= 0.6 is 15.9 Å². The SMILES string of the molecule is O=C(COc1ccc(OCc2ccccc2)cc1)NN=Cc1ccccc1OCc1ccc(Br)cc1. The Kier molecular flexibility index (Phi) is 9.11. The van der Waals surface area contributed by atoms with Gasteiger partial charge in [-0.25, -0.2) is 5.43 Å². The molecule has 0 aliphatic carbocycles. The Morgan fingerprint density at radius 2 is 1.33 bits per heavy atom. The van der Waals surface area contributed by atoms with E-state index in [4.69, 9.17) is 14.2 Å². The minimum Gasteiger partial charge on any atom is -0.489 e. The Morgan fingerprint density at radius 3 is 2.08 bits per heavy atom. The summed E-state index contributed by atoms with van der Waals surface area (Å²) in [6.07, 6.45) is 1.55. The van der Waals surface area contributed by atoms with Crippen LogP contribution in [0.15, 0.2) is 113 Å². The quantitative estimate of drug-likeness (QED) is 0.182. The molecule has 1 amide bonds. The van der Waals surface area contributed by atoms with Crippen LogP contribution in [0.3, 0.4) is 0 Å². The zero-order valence-corrected chi connectivity index (χ0v) is 21.1. The topological polar surface area (TPSA) is 69.2 Å². The summed E-state index contributed by atoms with van der Waals surface area (Å²) in [6, 6.07) is 32.5. The van der Waals surface area contributed by atoms with Crippen molar-refractivity contribution < 1.29 is 19.0 Å². The molecule has 0 unspecified atom stereocenters. The van der Waals surface area contributed by atoms with E-state index in [-0.39, 0.29) is 12.5 Å². The lowest BCUT2D eigenvalue weighted by Gasteiger charge is -2.09. The number of nitrogens with zero attached hydrogens (tertiary/aromatic N) is 1. The van der Waals surface area contributed by atoms with Crippen LogP contribution in [0.4, 0.5) is 0 Å². The van der Waals surface area contributed by atoms with Gasteiger partial charge in [0, 0.05) is 10.0 Å². The Bertz CT molecular complexity index is 1280. The number of ether oxygens (including phenoxy) is 3. The molecule has 0 bridgehead atoms. The molecular weight excluding hydrogens is 520 g/mol. The van der Waals surface area contributed by atoms with Crippen molar-refractivity contribution in [1.29, 1.82) is 0 Å². The number of rotatable bonds is 11. The normalized spacial score (nSPS) is 10.7. The van der Waals surface area contributed by atoms with E-state index in [0.717, 1.165) is 26.9 Å². The van der Waals surface area contributed by atoms with E-state index in [1.165, 1.54) is 0 Å². The van der Waals surface area contributed by atoms with Crippen molar-refractivity contribution in [2.24, 2.45) is 5.10 Å². The lowest BCUT2D eigenvalue weighted by Crippen LogP contribution is -2.24. The van der Waals surface area contributed by atoms with Crippen molar-refractivity contribution in [2.45, 2.75) is 13.2 Å². The van der Waals surface area contributed by atoms with Crippen LogP contribution in [0.2, 0.25) is 0 Å². The number of carbonyl (C=O) groups excluding carboxylic acids is 1. The van der Waals surface area contributed by atoms with Crippen LogP contribution in [0, 0.1) is 0 Å².